The Bertz CT molecular complexity index is 652. The number of halogens is 1. The maximum Gasteiger partial charge on any atom is 0.345 e. The van der Waals surface area contributed by atoms with E-state index < -0.39 is 27.5 Å². The number of hydrogen-bond acceptors (Lipinski definition) is 5. The lowest BCUT2D eigenvalue weighted by molar-refractivity contribution is -0.0645. The third kappa shape index (κ3) is 2.64. The quantitative estimate of drug-likeness (QED) is 0.732. The summed E-state index contributed by atoms with van der Waals surface area (Å²) in [6, 6.07) is 0.754. The maximum atomic E-state index is 12.3. The standard InChI is InChI=1S/C11H14BrNO5S2/c1-11(2)7(4-8(11)14)13-20(17,18)6-3-5(10(15)16)19-9(6)12/h3,7-8,13-14H,4H2,1-2H3,(H,15,16). The number of hydrogen-bond donors (Lipinski definition) is 3. The van der Waals surface area contributed by atoms with Crippen molar-refractivity contribution in [3.63, 3.8) is 0 Å². The molecule has 112 valence electrons. The van der Waals surface area contributed by atoms with Gasteiger partial charge in [0.1, 0.15) is 9.77 Å². The third-order valence-corrected chi connectivity index (χ3v) is 7.38. The van der Waals surface area contributed by atoms with Gasteiger partial charge in [-0.25, -0.2) is 17.9 Å². The molecule has 20 heavy (non-hydrogen) atoms. The fraction of sp³-hybridized carbons (Fsp3) is 0.545. The molecule has 0 aliphatic heterocycles. The zero-order valence-electron chi connectivity index (χ0n) is 10.8. The first-order valence-electron chi connectivity index (χ1n) is 5.78. The van der Waals surface area contributed by atoms with Crippen LogP contribution in [0.15, 0.2) is 14.7 Å². The van der Waals surface area contributed by atoms with Gasteiger partial charge in [-0.2, -0.15) is 0 Å². The summed E-state index contributed by atoms with van der Waals surface area (Å²) in [5.41, 5.74) is -0.537. The molecule has 6 nitrogen and oxygen atoms in total. The summed E-state index contributed by atoms with van der Waals surface area (Å²) >= 11 is 3.93. The topological polar surface area (TPSA) is 104 Å². The molecule has 2 rings (SSSR count). The molecule has 2 unspecified atom stereocenters. The summed E-state index contributed by atoms with van der Waals surface area (Å²) in [4.78, 5) is 10.7. The molecule has 0 bridgehead atoms. The Kier molecular flexibility index (Phi) is 4.02. The summed E-state index contributed by atoms with van der Waals surface area (Å²) in [5, 5.41) is 18.5. The van der Waals surface area contributed by atoms with E-state index in [2.05, 4.69) is 20.7 Å². The van der Waals surface area contributed by atoms with E-state index in [4.69, 9.17) is 5.11 Å². The van der Waals surface area contributed by atoms with Gasteiger partial charge in [0.05, 0.1) is 9.89 Å². The van der Waals surface area contributed by atoms with Gasteiger partial charge in [-0.1, -0.05) is 13.8 Å². The molecule has 9 heteroatoms. The van der Waals surface area contributed by atoms with Crippen molar-refractivity contribution >= 4 is 43.3 Å². The second-order valence-electron chi connectivity index (χ2n) is 5.30. The largest absolute Gasteiger partial charge is 0.477 e. The van der Waals surface area contributed by atoms with Crippen LogP contribution in [-0.2, 0) is 10.0 Å². The molecule has 0 radical (unpaired) electrons. The maximum absolute atomic E-state index is 12.3. The van der Waals surface area contributed by atoms with Crippen molar-refractivity contribution in [2.45, 2.75) is 37.3 Å². The number of rotatable bonds is 4. The second kappa shape index (κ2) is 5.06. The highest BCUT2D eigenvalue weighted by molar-refractivity contribution is 9.11. The van der Waals surface area contributed by atoms with Crippen LogP contribution in [0.1, 0.15) is 29.9 Å². The van der Waals surface area contributed by atoms with Crippen LogP contribution in [0.2, 0.25) is 0 Å². The Morgan fingerprint density at radius 2 is 2.15 bits per heavy atom. The van der Waals surface area contributed by atoms with E-state index >= 15 is 0 Å². The lowest BCUT2D eigenvalue weighted by Crippen LogP contribution is -2.61. The lowest BCUT2D eigenvalue weighted by atomic mass is 9.65. The van der Waals surface area contributed by atoms with Gasteiger partial charge < -0.3 is 10.2 Å². The van der Waals surface area contributed by atoms with Crippen LogP contribution in [-0.4, -0.2) is 36.7 Å². The monoisotopic (exact) mass is 383 g/mol. The lowest BCUT2D eigenvalue weighted by Gasteiger charge is -2.49. The number of aromatic carboxylic acids is 1. The number of carboxylic acids is 1. The number of thiophene rings is 1. The van der Waals surface area contributed by atoms with Crippen LogP contribution in [0, 0.1) is 5.41 Å². The Hall–Kier alpha value is -0.480. The van der Waals surface area contributed by atoms with E-state index in [1.165, 1.54) is 0 Å². The van der Waals surface area contributed by atoms with Gasteiger partial charge in [0.15, 0.2) is 0 Å². The van der Waals surface area contributed by atoms with Gasteiger partial charge >= 0.3 is 5.97 Å². The van der Waals surface area contributed by atoms with Crippen molar-refractivity contribution in [2.24, 2.45) is 5.41 Å². The van der Waals surface area contributed by atoms with E-state index in [9.17, 15) is 18.3 Å². The number of aliphatic hydroxyl groups is 1. The van der Waals surface area contributed by atoms with E-state index in [1.807, 2.05) is 0 Å². The van der Waals surface area contributed by atoms with Crippen molar-refractivity contribution in [1.82, 2.24) is 4.72 Å². The number of nitrogens with one attached hydrogen (secondary N) is 1. The summed E-state index contributed by atoms with van der Waals surface area (Å²) in [7, 11) is -3.82. The van der Waals surface area contributed by atoms with E-state index in [0.717, 1.165) is 17.4 Å². The fourth-order valence-corrected chi connectivity index (χ4v) is 5.80. The van der Waals surface area contributed by atoms with Crippen molar-refractivity contribution in [1.29, 1.82) is 0 Å². The third-order valence-electron chi connectivity index (χ3n) is 3.67. The smallest absolute Gasteiger partial charge is 0.345 e. The molecule has 0 spiro atoms. The minimum atomic E-state index is -3.82. The van der Waals surface area contributed by atoms with Gasteiger partial charge in [-0.15, -0.1) is 11.3 Å². The normalized spacial score (nSPS) is 25.2. The van der Waals surface area contributed by atoms with Crippen molar-refractivity contribution in [2.75, 3.05) is 0 Å². The first-order valence-corrected chi connectivity index (χ1v) is 8.88. The fourth-order valence-electron chi connectivity index (χ4n) is 1.99. The molecule has 0 amide bonds. The molecule has 3 N–H and O–H groups in total. The molecule has 0 saturated heterocycles. The Morgan fingerprint density at radius 1 is 1.55 bits per heavy atom. The number of aliphatic hydroxyl groups excluding tert-OH is 1. The van der Waals surface area contributed by atoms with Gasteiger partial charge in [-0.3, -0.25) is 0 Å². The first kappa shape index (κ1) is 15.9. The van der Waals surface area contributed by atoms with E-state index in [0.29, 0.717) is 6.42 Å². The minimum absolute atomic E-state index is 0.0508. The number of carbonyl (C=O) groups is 1. The second-order valence-corrected chi connectivity index (χ2v) is 9.35. The minimum Gasteiger partial charge on any atom is -0.477 e. The zero-order chi connectivity index (χ0) is 15.3. The average Bonchev–Trinajstić information content (AvgIpc) is 2.72. The van der Waals surface area contributed by atoms with Crippen LogP contribution in [0.4, 0.5) is 0 Å². The molecule has 1 aromatic rings. The summed E-state index contributed by atoms with van der Waals surface area (Å²) in [6.07, 6.45) is -0.199. The predicted octanol–water partition coefficient (Wildman–Crippen LogP) is 1.65. The zero-order valence-corrected chi connectivity index (χ0v) is 14.0. The number of carboxylic acid groups (broad SMARTS) is 1. The highest BCUT2D eigenvalue weighted by Gasteiger charge is 2.49. The first-order chi connectivity index (χ1) is 9.05. The molecule has 1 heterocycles. The van der Waals surface area contributed by atoms with Gasteiger partial charge in [0, 0.05) is 11.5 Å². The Balaban J connectivity index is 2.26. The molecule has 1 fully saturated rings. The molecular weight excluding hydrogens is 370 g/mol. The molecular formula is C11H14BrNO5S2. The summed E-state index contributed by atoms with van der Waals surface area (Å²) < 4.78 is 27.3. The molecule has 2 atom stereocenters. The van der Waals surface area contributed by atoms with Crippen LogP contribution in [0.25, 0.3) is 0 Å². The van der Waals surface area contributed by atoms with Crippen LogP contribution >= 0.6 is 27.3 Å². The molecule has 1 aromatic heterocycles. The molecule has 1 aliphatic rings. The van der Waals surface area contributed by atoms with Crippen LogP contribution in [0.5, 0.6) is 0 Å². The highest BCUT2D eigenvalue weighted by Crippen LogP contribution is 2.42. The van der Waals surface area contributed by atoms with Crippen LogP contribution < -0.4 is 4.72 Å². The molecule has 1 saturated carbocycles. The molecule has 0 aromatic carbocycles. The summed E-state index contributed by atoms with van der Waals surface area (Å²) in [5.74, 6) is -1.17. The summed E-state index contributed by atoms with van der Waals surface area (Å²) in [6.45, 7) is 3.55. The average molecular weight is 384 g/mol. The molecule has 1 aliphatic carbocycles. The van der Waals surface area contributed by atoms with Gasteiger partial charge in [0.2, 0.25) is 10.0 Å². The predicted molar refractivity (Wildman–Crippen MR) is 77.5 cm³/mol. The van der Waals surface area contributed by atoms with Crippen LogP contribution in [0.3, 0.4) is 0 Å². The van der Waals surface area contributed by atoms with Crippen molar-refractivity contribution in [3.05, 3.63) is 14.7 Å². The Morgan fingerprint density at radius 3 is 2.55 bits per heavy atom. The van der Waals surface area contributed by atoms with E-state index in [1.54, 1.807) is 13.8 Å². The van der Waals surface area contributed by atoms with E-state index in [-0.39, 0.29) is 19.6 Å². The van der Waals surface area contributed by atoms with Gasteiger partial charge in [0.25, 0.3) is 0 Å². The number of sulfonamides is 1. The van der Waals surface area contributed by atoms with Crippen molar-refractivity contribution in [3.8, 4) is 0 Å². The Labute approximate surface area is 129 Å². The van der Waals surface area contributed by atoms with Gasteiger partial charge in [-0.05, 0) is 28.4 Å². The van der Waals surface area contributed by atoms with Crippen molar-refractivity contribution < 1.29 is 23.4 Å². The SMILES string of the molecule is CC1(C)C(O)CC1NS(=O)(=O)c1cc(C(=O)O)sc1Br. The highest BCUT2D eigenvalue weighted by atomic mass is 79.9.